The van der Waals surface area contributed by atoms with Crippen LogP contribution in [0.2, 0.25) is 0 Å². The van der Waals surface area contributed by atoms with Crippen LogP contribution in [0.1, 0.15) is 6.92 Å². The zero-order chi connectivity index (χ0) is 20.4. The van der Waals surface area contributed by atoms with Gasteiger partial charge in [-0.1, -0.05) is 18.2 Å². The van der Waals surface area contributed by atoms with Gasteiger partial charge in [-0.3, -0.25) is 4.79 Å². The molecule has 0 aliphatic carbocycles. The molecule has 0 aliphatic rings. The van der Waals surface area contributed by atoms with E-state index in [1.54, 1.807) is 6.07 Å². The van der Waals surface area contributed by atoms with Crippen molar-refractivity contribution in [3.8, 4) is 5.75 Å². The maximum absolute atomic E-state index is 13.4. The number of nitrogens with one attached hydrogen (secondary N) is 1. The van der Waals surface area contributed by atoms with E-state index in [0.29, 0.717) is 0 Å². The number of carbonyl (C=O) groups is 1. The molecule has 0 saturated carbocycles. The zero-order valence-electron chi connectivity index (χ0n) is 12.9. The molecule has 1 atom stereocenters. The monoisotopic (exact) mass is 397 g/mol. The fraction of sp³-hybridized carbons (Fsp3) is 0.500. The van der Waals surface area contributed by atoms with Crippen molar-refractivity contribution in [2.75, 3.05) is 6.61 Å². The van der Waals surface area contributed by atoms with Gasteiger partial charge in [0, 0.05) is 0 Å². The normalized spacial score (nSPS) is 14.7. The first-order valence-electron chi connectivity index (χ1n) is 6.83. The summed E-state index contributed by atoms with van der Waals surface area (Å²) < 4.78 is 119. The highest BCUT2D eigenvalue weighted by molar-refractivity contribution is 5.85. The Bertz CT molecular complexity index is 617. The Morgan fingerprint density at radius 1 is 0.962 bits per heavy atom. The second-order valence-corrected chi connectivity index (χ2v) is 5.22. The van der Waals surface area contributed by atoms with E-state index < -0.39 is 42.5 Å². The van der Waals surface area contributed by atoms with Gasteiger partial charge in [0.25, 0.3) is 5.91 Å². The maximum atomic E-state index is 13.4. The van der Waals surface area contributed by atoms with Crippen LogP contribution in [0.15, 0.2) is 30.3 Å². The minimum atomic E-state index is -7.12. The van der Waals surface area contributed by atoms with Gasteiger partial charge in [0.05, 0.1) is 6.04 Å². The smallest absolute Gasteiger partial charge is 0.460 e. The SMILES string of the molecule is C[C@H](COc1ccccc1)NC(=O)C(F)(F)C(F)(F)C(F)(F)C(F)(F)F. The Kier molecular flexibility index (Phi) is 6.09. The average Bonchev–Trinajstić information content (AvgIpc) is 2.52. The van der Waals surface area contributed by atoms with Gasteiger partial charge < -0.3 is 10.1 Å². The summed E-state index contributed by atoms with van der Waals surface area (Å²) >= 11 is 0. The lowest BCUT2D eigenvalue weighted by Gasteiger charge is -2.33. The third kappa shape index (κ3) is 4.15. The van der Waals surface area contributed by atoms with Gasteiger partial charge in [-0.05, 0) is 19.1 Å². The second-order valence-electron chi connectivity index (χ2n) is 5.22. The predicted molar refractivity (Wildman–Crippen MR) is 70.4 cm³/mol. The highest BCUT2D eigenvalue weighted by atomic mass is 19.4. The molecule has 0 saturated heterocycles. The third-order valence-corrected chi connectivity index (χ3v) is 3.05. The summed E-state index contributed by atoms with van der Waals surface area (Å²) in [4.78, 5) is 11.2. The van der Waals surface area contributed by atoms with Crippen LogP contribution in [-0.4, -0.2) is 42.5 Å². The molecule has 1 aromatic rings. The van der Waals surface area contributed by atoms with Crippen molar-refractivity contribution in [2.45, 2.75) is 36.9 Å². The molecule has 1 rings (SSSR count). The molecular formula is C14H12F9NO2. The average molecular weight is 397 g/mol. The number of hydrogen-bond donors (Lipinski definition) is 1. The number of hydrogen-bond acceptors (Lipinski definition) is 2. The summed E-state index contributed by atoms with van der Waals surface area (Å²) in [5.41, 5.74) is 0. The molecular weight excluding hydrogens is 385 g/mol. The number of carbonyl (C=O) groups excluding carboxylic acids is 1. The summed E-state index contributed by atoms with van der Waals surface area (Å²) in [5, 5.41) is 1.23. The van der Waals surface area contributed by atoms with Gasteiger partial charge in [0.1, 0.15) is 12.4 Å². The molecule has 1 N–H and O–H groups in total. The summed E-state index contributed by atoms with van der Waals surface area (Å²) in [5.74, 6) is -23.2. The Balaban J connectivity index is 2.83. The van der Waals surface area contributed by atoms with Crippen LogP contribution in [0.3, 0.4) is 0 Å². The number of para-hydroxylation sites is 1. The maximum Gasteiger partial charge on any atom is 0.460 e. The Hall–Kier alpha value is -2.14. The van der Waals surface area contributed by atoms with Gasteiger partial charge in [-0.2, -0.15) is 39.5 Å². The highest BCUT2D eigenvalue weighted by Gasteiger charge is 2.83. The van der Waals surface area contributed by atoms with E-state index in [2.05, 4.69) is 0 Å². The van der Waals surface area contributed by atoms with E-state index in [1.165, 1.54) is 29.6 Å². The van der Waals surface area contributed by atoms with E-state index in [0.717, 1.165) is 6.92 Å². The van der Waals surface area contributed by atoms with Crippen LogP contribution < -0.4 is 10.1 Å². The van der Waals surface area contributed by atoms with Crippen molar-refractivity contribution >= 4 is 5.91 Å². The van der Waals surface area contributed by atoms with Crippen molar-refractivity contribution in [3.63, 3.8) is 0 Å². The molecule has 0 fully saturated rings. The molecule has 0 bridgehead atoms. The molecule has 1 aromatic carbocycles. The Morgan fingerprint density at radius 2 is 1.46 bits per heavy atom. The molecule has 3 nitrogen and oxygen atoms in total. The lowest BCUT2D eigenvalue weighted by molar-refractivity contribution is -0.388. The summed E-state index contributed by atoms with van der Waals surface area (Å²) in [7, 11) is 0. The van der Waals surface area contributed by atoms with Crippen LogP contribution in [0.4, 0.5) is 39.5 Å². The Morgan fingerprint density at radius 3 is 1.92 bits per heavy atom. The minimum Gasteiger partial charge on any atom is -0.491 e. The van der Waals surface area contributed by atoms with Crippen LogP contribution in [0.5, 0.6) is 5.75 Å². The zero-order valence-corrected chi connectivity index (χ0v) is 12.9. The van der Waals surface area contributed by atoms with Crippen molar-refractivity contribution in [1.82, 2.24) is 5.32 Å². The van der Waals surface area contributed by atoms with Crippen molar-refractivity contribution < 1.29 is 49.0 Å². The number of alkyl halides is 9. The summed E-state index contributed by atoms with van der Waals surface area (Å²) in [6, 6.07) is 6.15. The van der Waals surface area contributed by atoms with Gasteiger partial charge in [0.15, 0.2) is 0 Å². The Labute approximate surface area is 141 Å². The fourth-order valence-corrected chi connectivity index (χ4v) is 1.61. The van der Waals surface area contributed by atoms with E-state index in [4.69, 9.17) is 4.74 Å². The first-order valence-corrected chi connectivity index (χ1v) is 6.83. The van der Waals surface area contributed by atoms with Crippen LogP contribution in [-0.2, 0) is 4.79 Å². The topological polar surface area (TPSA) is 38.3 Å². The number of benzene rings is 1. The van der Waals surface area contributed by atoms with Gasteiger partial charge in [-0.25, -0.2) is 0 Å². The molecule has 0 aliphatic heterocycles. The molecule has 1 amide bonds. The van der Waals surface area contributed by atoms with Gasteiger partial charge >= 0.3 is 23.9 Å². The van der Waals surface area contributed by atoms with E-state index in [1.807, 2.05) is 0 Å². The number of amides is 1. The highest BCUT2D eigenvalue weighted by Crippen LogP contribution is 2.53. The molecule has 0 aromatic heterocycles. The van der Waals surface area contributed by atoms with Crippen molar-refractivity contribution in [2.24, 2.45) is 0 Å². The quantitative estimate of drug-likeness (QED) is 0.706. The van der Waals surface area contributed by atoms with E-state index in [9.17, 15) is 44.3 Å². The van der Waals surface area contributed by atoms with Crippen molar-refractivity contribution in [1.29, 1.82) is 0 Å². The van der Waals surface area contributed by atoms with E-state index in [-0.39, 0.29) is 5.75 Å². The number of halogens is 9. The minimum absolute atomic E-state index is 0.217. The van der Waals surface area contributed by atoms with Crippen LogP contribution >= 0.6 is 0 Å². The van der Waals surface area contributed by atoms with Gasteiger partial charge in [0.2, 0.25) is 0 Å². The summed E-state index contributed by atoms with van der Waals surface area (Å²) in [6.07, 6.45) is -6.98. The first-order chi connectivity index (χ1) is 11.6. The molecule has 148 valence electrons. The molecule has 0 spiro atoms. The summed E-state index contributed by atoms with van der Waals surface area (Å²) in [6.45, 7) is 0.462. The predicted octanol–water partition coefficient (Wildman–Crippen LogP) is 4.04. The van der Waals surface area contributed by atoms with Crippen LogP contribution in [0, 0.1) is 0 Å². The molecule has 0 unspecified atom stereocenters. The lowest BCUT2D eigenvalue weighted by atomic mass is 10.0. The second kappa shape index (κ2) is 7.23. The van der Waals surface area contributed by atoms with Gasteiger partial charge in [-0.15, -0.1) is 0 Å². The fourth-order valence-electron chi connectivity index (χ4n) is 1.61. The number of rotatable bonds is 7. The standard InChI is InChI=1S/C14H12F9NO2/c1-8(7-26-9-5-3-2-4-6-9)24-10(25)11(15,16)12(17,18)13(19,20)14(21,22)23/h2-6,8H,7H2,1H3,(H,24,25)/t8-/m1/s1. The lowest BCUT2D eigenvalue weighted by Crippen LogP contribution is -2.66. The molecule has 26 heavy (non-hydrogen) atoms. The first kappa shape index (κ1) is 21.9. The molecule has 12 heteroatoms. The van der Waals surface area contributed by atoms with Crippen molar-refractivity contribution in [3.05, 3.63) is 30.3 Å². The molecule has 0 radical (unpaired) electrons. The largest absolute Gasteiger partial charge is 0.491 e. The molecule has 0 heterocycles. The van der Waals surface area contributed by atoms with Crippen LogP contribution in [0.25, 0.3) is 0 Å². The third-order valence-electron chi connectivity index (χ3n) is 3.05. The number of ether oxygens (including phenoxy) is 1. The van der Waals surface area contributed by atoms with E-state index >= 15 is 0 Å².